The van der Waals surface area contributed by atoms with Crippen LogP contribution in [0.1, 0.15) is 30.0 Å². The molecule has 2 amide bonds. The molecule has 7 nitrogen and oxygen atoms in total. The van der Waals surface area contributed by atoms with Gasteiger partial charge in [0.1, 0.15) is 12.6 Å². The van der Waals surface area contributed by atoms with E-state index in [1.165, 1.54) is 24.1 Å². The monoisotopic (exact) mass is 507 g/mol. The highest BCUT2D eigenvalue weighted by Crippen LogP contribution is 2.25. The average Bonchev–Trinajstić information content (AvgIpc) is 2.89. The molecule has 3 rings (SSSR count). The van der Waals surface area contributed by atoms with Crippen molar-refractivity contribution in [3.63, 3.8) is 0 Å². The number of hydrogen-bond donors (Lipinski definition) is 1. The van der Waals surface area contributed by atoms with Gasteiger partial charge in [0.2, 0.25) is 11.8 Å². The molecule has 3 aromatic carbocycles. The molecule has 0 saturated heterocycles. The van der Waals surface area contributed by atoms with Gasteiger partial charge in [0.05, 0.1) is 10.6 Å². The van der Waals surface area contributed by atoms with Crippen molar-refractivity contribution >= 4 is 27.5 Å². The van der Waals surface area contributed by atoms with Gasteiger partial charge in [0, 0.05) is 13.6 Å². The highest BCUT2D eigenvalue weighted by molar-refractivity contribution is 7.92. The number of anilines is 1. The third-order valence-corrected chi connectivity index (χ3v) is 7.95. The largest absolute Gasteiger partial charge is 0.357 e. The first-order chi connectivity index (χ1) is 17.2. The maximum absolute atomic E-state index is 13.8. The number of aryl methyl sites for hydroxylation is 2. The molecule has 1 atom stereocenters. The van der Waals surface area contributed by atoms with Gasteiger partial charge in [-0.05, 0) is 55.7 Å². The van der Waals surface area contributed by atoms with E-state index in [4.69, 9.17) is 0 Å². The molecule has 0 fully saturated rings. The van der Waals surface area contributed by atoms with Crippen LogP contribution in [0.4, 0.5) is 5.69 Å². The molecule has 0 radical (unpaired) electrons. The Labute approximate surface area is 213 Å². The zero-order valence-electron chi connectivity index (χ0n) is 21.1. The van der Waals surface area contributed by atoms with E-state index >= 15 is 0 Å². The Bertz CT molecular complexity index is 1290. The molecule has 0 spiro atoms. The van der Waals surface area contributed by atoms with Gasteiger partial charge < -0.3 is 10.2 Å². The van der Waals surface area contributed by atoms with Gasteiger partial charge in [-0.2, -0.15) is 0 Å². The molecule has 0 aliphatic carbocycles. The van der Waals surface area contributed by atoms with Crippen LogP contribution in [0.15, 0.2) is 83.8 Å². The van der Waals surface area contributed by atoms with Gasteiger partial charge in [0.15, 0.2) is 0 Å². The van der Waals surface area contributed by atoms with Gasteiger partial charge in [-0.25, -0.2) is 8.42 Å². The van der Waals surface area contributed by atoms with Crippen molar-refractivity contribution in [2.24, 2.45) is 0 Å². The molecule has 36 heavy (non-hydrogen) atoms. The smallest absolute Gasteiger partial charge is 0.264 e. The minimum atomic E-state index is -4.05. The van der Waals surface area contributed by atoms with Crippen molar-refractivity contribution in [3.8, 4) is 0 Å². The predicted molar refractivity (Wildman–Crippen MR) is 142 cm³/mol. The fourth-order valence-corrected chi connectivity index (χ4v) is 5.45. The van der Waals surface area contributed by atoms with Crippen LogP contribution < -0.4 is 9.62 Å². The molecule has 0 saturated carbocycles. The second kappa shape index (κ2) is 11.9. The number of carbonyl (C=O) groups is 2. The van der Waals surface area contributed by atoms with Gasteiger partial charge in [-0.15, -0.1) is 0 Å². The zero-order valence-corrected chi connectivity index (χ0v) is 22.0. The highest BCUT2D eigenvalue weighted by Gasteiger charge is 2.33. The van der Waals surface area contributed by atoms with Crippen molar-refractivity contribution < 1.29 is 18.0 Å². The van der Waals surface area contributed by atoms with Gasteiger partial charge >= 0.3 is 0 Å². The number of amides is 2. The summed E-state index contributed by atoms with van der Waals surface area (Å²) in [7, 11) is -2.52. The Morgan fingerprint density at radius 2 is 1.50 bits per heavy atom. The quantitative estimate of drug-likeness (QED) is 0.449. The van der Waals surface area contributed by atoms with Crippen molar-refractivity contribution in [2.75, 3.05) is 17.9 Å². The second-order valence-electron chi connectivity index (χ2n) is 8.65. The summed E-state index contributed by atoms with van der Waals surface area (Å²) in [5.41, 5.74) is 3.21. The number of carbonyl (C=O) groups excluding carboxylic acids is 2. The Morgan fingerprint density at radius 1 is 0.889 bits per heavy atom. The third-order valence-electron chi connectivity index (χ3n) is 6.17. The molecule has 190 valence electrons. The van der Waals surface area contributed by atoms with Crippen molar-refractivity contribution in [1.29, 1.82) is 0 Å². The maximum atomic E-state index is 13.8. The number of benzene rings is 3. The molecular weight excluding hydrogens is 474 g/mol. The summed E-state index contributed by atoms with van der Waals surface area (Å²) in [5.74, 6) is -0.763. The minimum Gasteiger partial charge on any atom is -0.357 e. The first kappa shape index (κ1) is 26.9. The summed E-state index contributed by atoms with van der Waals surface area (Å²) in [4.78, 5) is 28.1. The summed E-state index contributed by atoms with van der Waals surface area (Å²) in [6.07, 6.45) is 0.382. The lowest BCUT2D eigenvalue weighted by Gasteiger charge is -2.33. The van der Waals surface area contributed by atoms with E-state index in [1.54, 1.807) is 42.5 Å². The molecule has 0 aliphatic heterocycles. The van der Waals surface area contributed by atoms with E-state index in [1.807, 2.05) is 45.0 Å². The van der Waals surface area contributed by atoms with Crippen LogP contribution in [0.3, 0.4) is 0 Å². The van der Waals surface area contributed by atoms with Crippen molar-refractivity contribution in [2.45, 2.75) is 44.7 Å². The Balaban J connectivity index is 2.05. The standard InChI is InChI=1S/C28H33N3O4S/c1-5-26(28(33)29-4)30(19-23-12-10-9-11-22(23)3)27(32)20-31(24-17-15-21(2)16-18-24)36(34,35)25-13-7-6-8-14-25/h6-18,26H,5,19-20H2,1-4H3,(H,29,33)/t26-/m1/s1. The molecule has 3 aromatic rings. The molecule has 0 aromatic heterocycles. The molecule has 0 heterocycles. The molecule has 0 aliphatic rings. The molecule has 0 unspecified atom stereocenters. The highest BCUT2D eigenvalue weighted by atomic mass is 32.2. The number of sulfonamides is 1. The third kappa shape index (κ3) is 6.12. The first-order valence-corrected chi connectivity index (χ1v) is 13.3. The van der Waals surface area contributed by atoms with E-state index in [2.05, 4.69) is 5.32 Å². The SMILES string of the molecule is CC[C@H](C(=O)NC)N(Cc1ccccc1C)C(=O)CN(c1ccc(C)cc1)S(=O)(=O)c1ccccc1. The number of likely N-dealkylation sites (N-methyl/N-ethyl adjacent to an activating group) is 1. The number of nitrogens with one attached hydrogen (secondary N) is 1. The van der Waals surface area contributed by atoms with Crippen molar-refractivity contribution in [1.82, 2.24) is 10.2 Å². The van der Waals surface area contributed by atoms with E-state index in [0.717, 1.165) is 21.0 Å². The number of hydrogen-bond acceptors (Lipinski definition) is 4. The van der Waals surface area contributed by atoms with E-state index < -0.39 is 28.5 Å². The first-order valence-electron chi connectivity index (χ1n) is 11.9. The van der Waals surface area contributed by atoms with E-state index in [0.29, 0.717) is 12.1 Å². The molecule has 8 heteroatoms. The van der Waals surface area contributed by atoms with Gasteiger partial charge in [0.25, 0.3) is 10.0 Å². The van der Waals surface area contributed by atoms with Gasteiger partial charge in [-0.1, -0.05) is 67.1 Å². The lowest BCUT2D eigenvalue weighted by atomic mass is 10.1. The fraction of sp³-hybridized carbons (Fsp3) is 0.286. The Hall–Kier alpha value is -3.65. The predicted octanol–water partition coefficient (Wildman–Crippen LogP) is 4.05. The number of rotatable bonds is 10. The Kier molecular flexibility index (Phi) is 8.88. The average molecular weight is 508 g/mol. The maximum Gasteiger partial charge on any atom is 0.264 e. The van der Waals surface area contributed by atoms with E-state index in [-0.39, 0.29) is 17.3 Å². The normalized spacial score (nSPS) is 12.0. The van der Waals surface area contributed by atoms with Crippen molar-refractivity contribution in [3.05, 3.63) is 95.6 Å². The molecule has 1 N–H and O–H groups in total. The summed E-state index contributed by atoms with van der Waals surface area (Å²) >= 11 is 0. The van der Waals surface area contributed by atoms with Crippen LogP contribution >= 0.6 is 0 Å². The lowest BCUT2D eigenvalue weighted by Crippen LogP contribution is -2.51. The van der Waals surface area contributed by atoms with Crippen LogP contribution in [-0.4, -0.2) is 44.8 Å². The van der Waals surface area contributed by atoms with Crippen LogP contribution in [0.2, 0.25) is 0 Å². The Morgan fingerprint density at radius 3 is 2.08 bits per heavy atom. The van der Waals surface area contributed by atoms with Crippen LogP contribution in [0, 0.1) is 13.8 Å². The van der Waals surface area contributed by atoms with Crippen LogP contribution in [0.5, 0.6) is 0 Å². The fourth-order valence-electron chi connectivity index (χ4n) is 4.02. The zero-order chi connectivity index (χ0) is 26.3. The van der Waals surface area contributed by atoms with Crippen LogP contribution in [-0.2, 0) is 26.2 Å². The topological polar surface area (TPSA) is 86.8 Å². The summed E-state index contributed by atoms with van der Waals surface area (Å²) in [6, 6.07) is 21.9. The second-order valence-corrected chi connectivity index (χ2v) is 10.5. The van der Waals surface area contributed by atoms with Crippen LogP contribution in [0.25, 0.3) is 0 Å². The summed E-state index contributed by atoms with van der Waals surface area (Å²) < 4.78 is 28.5. The summed E-state index contributed by atoms with van der Waals surface area (Å²) in [6.45, 7) is 5.42. The van der Waals surface area contributed by atoms with E-state index in [9.17, 15) is 18.0 Å². The molecule has 0 bridgehead atoms. The number of nitrogens with zero attached hydrogens (tertiary/aromatic N) is 2. The van der Waals surface area contributed by atoms with Gasteiger partial charge in [-0.3, -0.25) is 13.9 Å². The lowest BCUT2D eigenvalue weighted by molar-refractivity contribution is -0.140. The minimum absolute atomic E-state index is 0.0853. The summed E-state index contributed by atoms with van der Waals surface area (Å²) in [5, 5.41) is 2.63. The molecular formula is C28H33N3O4S.